The summed E-state index contributed by atoms with van der Waals surface area (Å²) in [5.41, 5.74) is 0. The molecule has 0 amide bonds. The minimum absolute atomic E-state index is 0. The third kappa shape index (κ3) is 94.1. The van der Waals surface area contributed by atoms with Crippen molar-refractivity contribution >= 4 is 35.7 Å². The van der Waals surface area contributed by atoms with E-state index in [1.54, 1.807) is 0 Å². The SMILES string of the molecule is O.O.O.O.O=C(O)OO.[NaH]. The van der Waals surface area contributed by atoms with Crippen molar-refractivity contribution in [1.82, 2.24) is 0 Å². The maximum absolute atomic E-state index is 8.90. The average molecular weight is 174 g/mol. The summed E-state index contributed by atoms with van der Waals surface area (Å²) in [5, 5.41) is 14.3. The van der Waals surface area contributed by atoms with E-state index >= 15 is 0 Å². The first-order chi connectivity index (χ1) is 2.27. The summed E-state index contributed by atoms with van der Waals surface area (Å²) in [4.78, 5) is 11.6. The van der Waals surface area contributed by atoms with E-state index in [0.717, 1.165) is 0 Å². The van der Waals surface area contributed by atoms with Crippen LogP contribution in [0.15, 0.2) is 0 Å². The maximum atomic E-state index is 8.90. The molecule has 0 saturated heterocycles. The van der Waals surface area contributed by atoms with Crippen LogP contribution in [0.2, 0.25) is 0 Å². The average Bonchev–Trinajstić information content (AvgIpc) is 1.38. The molecule has 0 unspecified atom stereocenters. The van der Waals surface area contributed by atoms with Crippen LogP contribution in [0.1, 0.15) is 0 Å². The van der Waals surface area contributed by atoms with Crippen molar-refractivity contribution in [2.45, 2.75) is 0 Å². The van der Waals surface area contributed by atoms with Gasteiger partial charge in [0.2, 0.25) is 0 Å². The van der Waals surface area contributed by atoms with E-state index in [1.165, 1.54) is 0 Å². The molecule has 0 radical (unpaired) electrons. The van der Waals surface area contributed by atoms with Gasteiger partial charge in [0.1, 0.15) is 0 Å². The molecule has 0 atom stereocenters. The van der Waals surface area contributed by atoms with Crippen molar-refractivity contribution in [3.8, 4) is 0 Å². The van der Waals surface area contributed by atoms with Gasteiger partial charge in [-0.25, -0.2) is 4.79 Å². The molecule has 0 saturated carbocycles. The Kier molecular flexibility index (Phi) is 178. The molecule has 0 aliphatic rings. The predicted octanol–water partition coefficient (Wildman–Crippen LogP) is -3.79. The van der Waals surface area contributed by atoms with Gasteiger partial charge in [-0.15, -0.1) is 0 Å². The zero-order valence-electron chi connectivity index (χ0n) is 4.21. The van der Waals surface area contributed by atoms with Gasteiger partial charge in [0.25, 0.3) is 0 Å². The van der Waals surface area contributed by atoms with Crippen LogP contribution in [0.4, 0.5) is 4.79 Å². The Labute approximate surface area is 77.9 Å². The molecule has 0 aliphatic heterocycles. The molecule has 0 bridgehead atoms. The number of rotatable bonds is 0. The van der Waals surface area contributed by atoms with Crippen LogP contribution in [0.25, 0.3) is 0 Å². The second-order valence-corrected chi connectivity index (χ2v) is 0.357. The minimum atomic E-state index is -1.69. The second kappa shape index (κ2) is 35.7. The molecule has 0 aromatic rings. The van der Waals surface area contributed by atoms with Gasteiger partial charge in [-0.3, -0.25) is 4.89 Å². The summed E-state index contributed by atoms with van der Waals surface area (Å²) in [6.45, 7) is 0. The van der Waals surface area contributed by atoms with Crippen LogP contribution in [0.5, 0.6) is 0 Å². The van der Waals surface area contributed by atoms with Crippen molar-refractivity contribution in [2.75, 3.05) is 0 Å². The third-order valence-electron chi connectivity index (χ3n) is 0.0781. The molecule has 0 aromatic carbocycles. The van der Waals surface area contributed by atoms with Crippen molar-refractivity contribution in [1.29, 1.82) is 0 Å². The summed E-state index contributed by atoms with van der Waals surface area (Å²) >= 11 is 0. The Morgan fingerprint density at radius 3 is 1.20 bits per heavy atom. The standard InChI is InChI=1S/CH2O4.Na.4H2O.H/c2-1(3)5-4;;;;;;/h4H,(H,2,3);;4*1H2;. The first-order valence-corrected chi connectivity index (χ1v) is 0.814. The van der Waals surface area contributed by atoms with Crippen LogP contribution in [-0.4, -0.2) is 68.0 Å². The molecule has 0 spiro atoms. The van der Waals surface area contributed by atoms with E-state index < -0.39 is 6.16 Å². The van der Waals surface area contributed by atoms with Crippen molar-refractivity contribution in [3.63, 3.8) is 0 Å². The van der Waals surface area contributed by atoms with Gasteiger partial charge >= 0.3 is 35.7 Å². The monoisotopic (exact) mass is 174 g/mol. The summed E-state index contributed by atoms with van der Waals surface area (Å²) in [7, 11) is 0. The van der Waals surface area contributed by atoms with Gasteiger partial charge in [0, 0.05) is 0 Å². The number of hydrogen-bond donors (Lipinski definition) is 2. The summed E-state index contributed by atoms with van der Waals surface area (Å²) in [6, 6.07) is 0. The van der Waals surface area contributed by atoms with Crippen molar-refractivity contribution < 1.29 is 42.0 Å². The zero-order valence-corrected chi connectivity index (χ0v) is 4.21. The Balaban J connectivity index is -0.00000000800. The molecule has 0 aliphatic carbocycles. The van der Waals surface area contributed by atoms with E-state index in [2.05, 4.69) is 4.89 Å². The first-order valence-electron chi connectivity index (χ1n) is 0.814. The Bertz CT molecular complexity index is 44.5. The zero-order chi connectivity index (χ0) is 4.28. The van der Waals surface area contributed by atoms with Gasteiger partial charge in [-0.2, -0.15) is 5.26 Å². The van der Waals surface area contributed by atoms with Gasteiger partial charge in [0.15, 0.2) is 0 Å². The molecule has 10 heavy (non-hydrogen) atoms. The van der Waals surface area contributed by atoms with E-state index in [1.807, 2.05) is 0 Å². The van der Waals surface area contributed by atoms with E-state index in [0.29, 0.717) is 0 Å². The fourth-order valence-corrected chi connectivity index (χ4v) is 0. The first kappa shape index (κ1) is 50.0. The van der Waals surface area contributed by atoms with Crippen LogP contribution in [-0.2, 0) is 4.89 Å². The van der Waals surface area contributed by atoms with Gasteiger partial charge in [0.05, 0.1) is 0 Å². The van der Waals surface area contributed by atoms with E-state index in [-0.39, 0.29) is 51.5 Å². The molecule has 9 heteroatoms. The third-order valence-corrected chi connectivity index (χ3v) is 0.0781. The van der Waals surface area contributed by atoms with Crippen LogP contribution < -0.4 is 0 Å². The molecular weight excluding hydrogens is 163 g/mol. The Morgan fingerprint density at radius 1 is 1.10 bits per heavy atom. The molecule has 8 nitrogen and oxygen atoms in total. The van der Waals surface area contributed by atoms with Crippen LogP contribution in [0.3, 0.4) is 0 Å². The molecule has 10 N–H and O–H groups in total. The van der Waals surface area contributed by atoms with Gasteiger partial charge in [-0.05, 0) is 0 Å². The van der Waals surface area contributed by atoms with Crippen LogP contribution >= 0.6 is 0 Å². The fraction of sp³-hybridized carbons (Fsp3) is 0. The topological polar surface area (TPSA) is 193 Å². The number of carbonyl (C=O) groups is 1. The Morgan fingerprint density at radius 2 is 1.20 bits per heavy atom. The van der Waals surface area contributed by atoms with Crippen LogP contribution in [0, 0.1) is 0 Å². The predicted molar refractivity (Wildman–Crippen MR) is 33.3 cm³/mol. The quantitative estimate of drug-likeness (QED) is 0.216. The molecule has 0 heterocycles. The second-order valence-electron chi connectivity index (χ2n) is 0.357. The van der Waals surface area contributed by atoms with Gasteiger partial charge in [-0.1, -0.05) is 0 Å². The fourth-order valence-electron chi connectivity index (χ4n) is 0. The van der Waals surface area contributed by atoms with E-state index in [9.17, 15) is 0 Å². The van der Waals surface area contributed by atoms with Gasteiger partial charge < -0.3 is 27.0 Å². The summed E-state index contributed by atoms with van der Waals surface area (Å²) in [6.07, 6.45) is -1.69. The number of carboxylic acid groups (broad SMARTS) is 1. The Hall–Kier alpha value is 0.0700. The molecule has 0 fully saturated rings. The van der Waals surface area contributed by atoms with Crippen molar-refractivity contribution in [2.24, 2.45) is 0 Å². The van der Waals surface area contributed by atoms with E-state index in [4.69, 9.17) is 15.2 Å². The number of hydrogen-bond acceptors (Lipinski definition) is 3. The molecular formula is CH11NaO8. The summed E-state index contributed by atoms with van der Waals surface area (Å²) < 4.78 is 0. The molecule has 0 rings (SSSR count). The summed E-state index contributed by atoms with van der Waals surface area (Å²) in [5.74, 6) is 0. The van der Waals surface area contributed by atoms with Crippen molar-refractivity contribution in [3.05, 3.63) is 0 Å². The molecule has 0 aromatic heterocycles. The molecule has 64 valence electrons. The normalized spacial score (nSPS) is 3.30.